The molecule has 3 N–H and O–H groups in total. The molecule has 6 heteroatoms. The van der Waals surface area contributed by atoms with Gasteiger partial charge in [-0.15, -0.1) is 0 Å². The summed E-state index contributed by atoms with van der Waals surface area (Å²) < 4.78 is 22.9. The Labute approximate surface area is 112 Å². The van der Waals surface area contributed by atoms with E-state index in [2.05, 4.69) is 10.3 Å². The van der Waals surface area contributed by atoms with Gasteiger partial charge in [-0.2, -0.15) is 0 Å². The molecule has 0 spiro atoms. The lowest BCUT2D eigenvalue weighted by atomic mass is 10.1. The van der Waals surface area contributed by atoms with Gasteiger partial charge in [-0.25, -0.2) is 8.42 Å². The molecule has 1 aromatic carbocycles. The molecule has 0 saturated heterocycles. The smallest absolute Gasteiger partial charge is 0.151 e. The third-order valence-electron chi connectivity index (χ3n) is 2.97. The van der Waals surface area contributed by atoms with Crippen molar-refractivity contribution in [2.24, 2.45) is 0 Å². The molecule has 1 heterocycles. The van der Waals surface area contributed by atoms with Gasteiger partial charge < -0.3 is 11.1 Å². The Bertz CT molecular complexity index is 683. The molecule has 0 bridgehead atoms. The van der Waals surface area contributed by atoms with E-state index in [0.717, 1.165) is 16.6 Å². The number of hydrogen-bond acceptors (Lipinski definition) is 5. The predicted octanol–water partition coefficient (Wildman–Crippen LogP) is 1.66. The maximum atomic E-state index is 11.4. The van der Waals surface area contributed by atoms with Gasteiger partial charge in [0.25, 0.3) is 0 Å². The third kappa shape index (κ3) is 3.14. The summed E-state index contributed by atoms with van der Waals surface area (Å²) in [5.74, 6) is 0.286. The predicted molar refractivity (Wildman–Crippen MR) is 79.0 cm³/mol. The molecule has 0 aliphatic carbocycles. The number of rotatable bonds is 5. The Morgan fingerprint density at radius 2 is 2.11 bits per heavy atom. The third-order valence-corrected chi connectivity index (χ3v) is 4.68. The quantitative estimate of drug-likeness (QED) is 0.813. The second kappa shape index (κ2) is 5.44. The van der Waals surface area contributed by atoms with Crippen molar-refractivity contribution >= 4 is 32.1 Å². The number of pyridine rings is 1. The van der Waals surface area contributed by atoms with Crippen LogP contribution in [0.2, 0.25) is 0 Å². The molecule has 0 unspecified atom stereocenters. The summed E-state index contributed by atoms with van der Waals surface area (Å²) in [7, 11) is -2.95. The van der Waals surface area contributed by atoms with Crippen LogP contribution in [0.3, 0.4) is 0 Å². The van der Waals surface area contributed by atoms with Gasteiger partial charge in [0.2, 0.25) is 0 Å². The second-order valence-electron chi connectivity index (χ2n) is 4.27. The largest absolute Gasteiger partial charge is 0.397 e. The molecular weight excluding hydrogens is 262 g/mol. The van der Waals surface area contributed by atoms with Crippen molar-refractivity contribution in [3.63, 3.8) is 0 Å². The molecule has 0 saturated carbocycles. The van der Waals surface area contributed by atoms with Crippen LogP contribution >= 0.6 is 0 Å². The van der Waals surface area contributed by atoms with Gasteiger partial charge in [-0.3, -0.25) is 4.98 Å². The minimum atomic E-state index is -2.95. The van der Waals surface area contributed by atoms with Crippen LogP contribution < -0.4 is 11.1 Å². The highest BCUT2D eigenvalue weighted by Gasteiger charge is 2.08. The lowest BCUT2D eigenvalue weighted by Crippen LogP contribution is -2.17. The molecule has 0 atom stereocenters. The monoisotopic (exact) mass is 279 g/mol. The molecule has 19 heavy (non-hydrogen) atoms. The average molecular weight is 279 g/mol. The lowest BCUT2D eigenvalue weighted by molar-refractivity contribution is 0.597. The van der Waals surface area contributed by atoms with Crippen LogP contribution in [0, 0.1) is 0 Å². The number of aromatic nitrogens is 1. The fourth-order valence-corrected chi connectivity index (χ4v) is 2.54. The molecule has 0 aliphatic heterocycles. The van der Waals surface area contributed by atoms with E-state index in [0.29, 0.717) is 12.2 Å². The van der Waals surface area contributed by atoms with Gasteiger partial charge in [0.05, 0.1) is 17.0 Å². The zero-order valence-corrected chi connectivity index (χ0v) is 11.6. The van der Waals surface area contributed by atoms with Gasteiger partial charge >= 0.3 is 0 Å². The Hall–Kier alpha value is -1.82. The van der Waals surface area contributed by atoms with E-state index in [1.54, 1.807) is 19.2 Å². The van der Waals surface area contributed by atoms with Gasteiger partial charge in [0, 0.05) is 29.6 Å². The van der Waals surface area contributed by atoms with E-state index >= 15 is 0 Å². The summed E-state index contributed by atoms with van der Waals surface area (Å²) in [6, 6.07) is 7.38. The Morgan fingerprint density at radius 1 is 1.32 bits per heavy atom. The minimum Gasteiger partial charge on any atom is -0.397 e. The average Bonchev–Trinajstić information content (AvgIpc) is 2.40. The van der Waals surface area contributed by atoms with Crippen LogP contribution in [0.25, 0.3) is 10.9 Å². The number of hydrogen-bond donors (Lipinski definition) is 2. The number of anilines is 2. The molecule has 1 aromatic heterocycles. The first-order chi connectivity index (χ1) is 9.03. The molecule has 102 valence electrons. The number of benzene rings is 1. The number of nitrogens with one attached hydrogen (secondary N) is 1. The second-order valence-corrected chi connectivity index (χ2v) is 6.74. The highest BCUT2D eigenvalue weighted by atomic mass is 32.2. The maximum absolute atomic E-state index is 11.4. The first kappa shape index (κ1) is 13.6. The fourth-order valence-electron chi connectivity index (χ4n) is 1.84. The zero-order chi connectivity index (χ0) is 13.9. The van der Waals surface area contributed by atoms with Crippen LogP contribution in [0.15, 0.2) is 30.5 Å². The van der Waals surface area contributed by atoms with E-state index in [4.69, 9.17) is 5.73 Å². The highest BCUT2D eigenvalue weighted by molar-refractivity contribution is 7.91. The molecule has 0 aliphatic rings. The molecule has 2 aromatic rings. The minimum absolute atomic E-state index is 0.121. The molecular formula is C13H17N3O2S. The number of para-hydroxylation sites is 1. The Kier molecular flexibility index (Phi) is 3.90. The number of nitrogens with zero attached hydrogens (tertiary/aromatic N) is 1. The van der Waals surface area contributed by atoms with E-state index < -0.39 is 9.84 Å². The van der Waals surface area contributed by atoms with Crippen molar-refractivity contribution in [1.29, 1.82) is 0 Å². The summed E-state index contributed by atoms with van der Waals surface area (Å²) >= 11 is 0. The first-order valence-corrected chi connectivity index (χ1v) is 7.93. The van der Waals surface area contributed by atoms with Crippen molar-refractivity contribution in [1.82, 2.24) is 4.98 Å². The van der Waals surface area contributed by atoms with E-state index in [1.165, 1.54) is 0 Å². The molecule has 0 radical (unpaired) electrons. The summed E-state index contributed by atoms with van der Waals surface area (Å²) in [6.45, 7) is 2.03. The topological polar surface area (TPSA) is 85.1 Å². The van der Waals surface area contributed by atoms with Gasteiger partial charge in [-0.05, 0) is 12.1 Å². The lowest BCUT2D eigenvalue weighted by Gasteiger charge is -2.10. The van der Waals surface area contributed by atoms with Crippen LogP contribution in [0.1, 0.15) is 6.92 Å². The van der Waals surface area contributed by atoms with Gasteiger partial charge in [0.1, 0.15) is 0 Å². The van der Waals surface area contributed by atoms with E-state index in [9.17, 15) is 8.42 Å². The molecule has 5 nitrogen and oxygen atoms in total. The first-order valence-electron chi connectivity index (χ1n) is 6.11. The summed E-state index contributed by atoms with van der Waals surface area (Å²) in [4.78, 5) is 4.23. The van der Waals surface area contributed by atoms with Crippen LogP contribution in [-0.2, 0) is 9.84 Å². The Balaban J connectivity index is 2.20. The van der Waals surface area contributed by atoms with Gasteiger partial charge in [-0.1, -0.05) is 19.1 Å². The molecule has 0 fully saturated rings. The van der Waals surface area contributed by atoms with Crippen molar-refractivity contribution in [2.75, 3.05) is 29.1 Å². The summed E-state index contributed by atoms with van der Waals surface area (Å²) in [6.07, 6.45) is 1.66. The van der Waals surface area contributed by atoms with Crippen LogP contribution in [0.4, 0.5) is 11.4 Å². The number of sulfone groups is 1. The fraction of sp³-hybridized carbons (Fsp3) is 0.308. The van der Waals surface area contributed by atoms with Crippen molar-refractivity contribution in [3.05, 3.63) is 30.5 Å². The molecule has 2 rings (SSSR count). The van der Waals surface area contributed by atoms with E-state index in [1.807, 2.05) is 18.2 Å². The van der Waals surface area contributed by atoms with Crippen molar-refractivity contribution < 1.29 is 8.42 Å². The van der Waals surface area contributed by atoms with Crippen LogP contribution in [0.5, 0.6) is 0 Å². The number of nitrogen functional groups attached to an aromatic ring is 1. The maximum Gasteiger partial charge on any atom is 0.151 e. The SMILES string of the molecule is CCS(=O)(=O)CCNc1ccnc2c(N)cccc12. The molecule has 0 amide bonds. The normalized spacial score (nSPS) is 11.6. The zero-order valence-electron chi connectivity index (χ0n) is 10.8. The highest BCUT2D eigenvalue weighted by Crippen LogP contribution is 2.25. The van der Waals surface area contributed by atoms with Crippen molar-refractivity contribution in [3.8, 4) is 0 Å². The number of nitrogens with two attached hydrogens (primary N) is 1. The van der Waals surface area contributed by atoms with E-state index in [-0.39, 0.29) is 11.5 Å². The summed E-state index contributed by atoms with van der Waals surface area (Å²) in [5.41, 5.74) is 8.05. The number of fused-ring (bicyclic) bond motifs is 1. The summed E-state index contributed by atoms with van der Waals surface area (Å²) in [5, 5.41) is 4.03. The Morgan fingerprint density at radius 3 is 2.84 bits per heavy atom. The van der Waals surface area contributed by atoms with Crippen LogP contribution in [-0.4, -0.2) is 31.5 Å². The van der Waals surface area contributed by atoms with Crippen molar-refractivity contribution in [2.45, 2.75) is 6.92 Å². The standard InChI is InChI=1S/C13H17N3O2S/c1-2-19(17,18)9-8-15-12-6-7-16-13-10(12)4-3-5-11(13)14/h3-7H,2,8-9,14H2,1H3,(H,15,16). The van der Waals surface area contributed by atoms with Gasteiger partial charge in [0.15, 0.2) is 9.84 Å².